The van der Waals surface area contributed by atoms with Crippen LogP contribution in [0.2, 0.25) is 0 Å². The summed E-state index contributed by atoms with van der Waals surface area (Å²) in [5.41, 5.74) is 3.28. The minimum Gasteiger partial charge on any atom is -0.346 e. The Balaban J connectivity index is 1.74. The molecule has 0 aliphatic carbocycles. The van der Waals surface area contributed by atoms with Crippen LogP contribution in [0.3, 0.4) is 0 Å². The van der Waals surface area contributed by atoms with E-state index in [0.717, 1.165) is 24.0 Å². The lowest BCUT2D eigenvalue weighted by Crippen LogP contribution is -2.31. The van der Waals surface area contributed by atoms with Gasteiger partial charge in [-0.05, 0) is 23.6 Å². The number of rotatable bonds is 3. The SMILES string of the molecule is CN(Cc1ccccc1)C(=O)c1cn2c3c(cccc3c1=O)CC2. The average Bonchev–Trinajstić information content (AvgIpc) is 3.02. The number of carbonyl (C=O) groups is 1. The average molecular weight is 318 g/mol. The minimum atomic E-state index is -0.230. The van der Waals surface area contributed by atoms with Crippen LogP contribution in [0.4, 0.5) is 0 Å². The molecule has 0 spiro atoms. The number of benzene rings is 2. The molecule has 1 aliphatic heterocycles. The molecule has 120 valence electrons. The van der Waals surface area contributed by atoms with Gasteiger partial charge in [0.25, 0.3) is 5.91 Å². The van der Waals surface area contributed by atoms with Gasteiger partial charge in [-0.15, -0.1) is 0 Å². The molecule has 0 unspecified atom stereocenters. The van der Waals surface area contributed by atoms with Crippen molar-refractivity contribution in [2.24, 2.45) is 0 Å². The molecule has 2 heterocycles. The van der Waals surface area contributed by atoms with Crippen LogP contribution in [-0.4, -0.2) is 22.4 Å². The first kappa shape index (κ1) is 14.7. The molecule has 0 bridgehead atoms. The van der Waals surface area contributed by atoms with E-state index in [2.05, 4.69) is 0 Å². The van der Waals surface area contributed by atoms with Crippen LogP contribution in [0, 0.1) is 0 Å². The third-order valence-corrected chi connectivity index (χ3v) is 4.64. The fourth-order valence-electron chi connectivity index (χ4n) is 3.44. The van der Waals surface area contributed by atoms with Gasteiger partial charge in [-0.25, -0.2) is 0 Å². The second kappa shape index (κ2) is 5.64. The summed E-state index contributed by atoms with van der Waals surface area (Å²) in [5, 5.41) is 0.643. The van der Waals surface area contributed by atoms with E-state index in [0.29, 0.717) is 11.9 Å². The lowest BCUT2D eigenvalue weighted by molar-refractivity contribution is 0.0783. The molecule has 4 rings (SSSR count). The summed E-state index contributed by atoms with van der Waals surface area (Å²) >= 11 is 0. The van der Waals surface area contributed by atoms with Gasteiger partial charge >= 0.3 is 0 Å². The van der Waals surface area contributed by atoms with Crippen LogP contribution in [0.15, 0.2) is 59.5 Å². The number of para-hydroxylation sites is 1. The van der Waals surface area contributed by atoms with Crippen molar-refractivity contribution < 1.29 is 4.79 Å². The fourth-order valence-corrected chi connectivity index (χ4v) is 3.44. The van der Waals surface area contributed by atoms with E-state index in [1.165, 1.54) is 5.56 Å². The molecule has 4 heteroatoms. The molecule has 1 amide bonds. The predicted molar refractivity (Wildman–Crippen MR) is 94.2 cm³/mol. The Morgan fingerprint density at radius 3 is 2.71 bits per heavy atom. The van der Waals surface area contributed by atoms with E-state index in [1.807, 2.05) is 53.1 Å². The highest BCUT2D eigenvalue weighted by Gasteiger charge is 2.22. The summed E-state index contributed by atoms with van der Waals surface area (Å²) in [5.74, 6) is -0.230. The zero-order valence-electron chi connectivity index (χ0n) is 13.5. The molecule has 0 saturated carbocycles. The highest BCUT2D eigenvalue weighted by atomic mass is 16.2. The third kappa shape index (κ3) is 2.31. The molecule has 1 aliphatic rings. The quantitative estimate of drug-likeness (QED) is 0.745. The number of aromatic nitrogens is 1. The molecule has 0 N–H and O–H groups in total. The highest BCUT2D eigenvalue weighted by molar-refractivity contribution is 5.98. The van der Waals surface area contributed by atoms with Gasteiger partial charge in [-0.2, -0.15) is 0 Å². The fraction of sp³-hybridized carbons (Fsp3) is 0.200. The number of amides is 1. The van der Waals surface area contributed by atoms with E-state index < -0.39 is 0 Å². The molecule has 2 aromatic carbocycles. The van der Waals surface area contributed by atoms with Crippen molar-refractivity contribution in [2.45, 2.75) is 19.5 Å². The van der Waals surface area contributed by atoms with Crippen LogP contribution >= 0.6 is 0 Å². The summed E-state index contributed by atoms with van der Waals surface area (Å²) in [7, 11) is 1.74. The van der Waals surface area contributed by atoms with Crippen LogP contribution in [0.1, 0.15) is 21.5 Å². The van der Waals surface area contributed by atoms with Gasteiger partial charge in [-0.1, -0.05) is 42.5 Å². The van der Waals surface area contributed by atoms with Gasteiger partial charge < -0.3 is 9.47 Å². The second-order valence-corrected chi connectivity index (χ2v) is 6.28. The van der Waals surface area contributed by atoms with Crippen molar-refractivity contribution in [1.29, 1.82) is 0 Å². The first-order valence-electron chi connectivity index (χ1n) is 8.09. The van der Waals surface area contributed by atoms with E-state index in [9.17, 15) is 9.59 Å². The summed E-state index contributed by atoms with van der Waals surface area (Å²) in [4.78, 5) is 27.2. The molecular formula is C20H18N2O2. The van der Waals surface area contributed by atoms with E-state index in [4.69, 9.17) is 0 Å². The summed E-state index contributed by atoms with van der Waals surface area (Å²) in [6, 6.07) is 15.6. The normalized spacial score (nSPS) is 12.5. The number of aryl methyl sites for hydroxylation is 2. The van der Waals surface area contributed by atoms with Gasteiger partial charge in [0.2, 0.25) is 5.43 Å². The van der Waals surface area contributed by atoms with E-state index in [-0.39, 0.29) is 16.9 Å². The van der Waals surface area contributed by atoms with Crippen molar-refractivity contribution in [3.8, 4) is 0 Å². The van der Waals surface area contributed by atoms with Gasteiger partial charge in [0.15, 0.2) is 0 Å². The lowest BCUT2D eigenvalue weighted by Gasteiger charge is -2.18. The molecule has 4 nitrogen and oxygen atoms in total. The molecule has 0 saturated heterocycles. The summed E-state index contributed by atoms with van der Waals surface area (Å²) in [6.45, 7) is 1.30. The molecule has 0 atom stereocenters. The first-order valence-corrected chi connectivity index (χ1v) is 8.09. The summed E-state index contributed by atoms with van der Waals surface area (Å²) < 4.78 is 2.04. The largest absolute Gasteiger partial charge is 0.346 e. The Hall–Kier alpha value is -2.88. The monoisotopic (exact) mass is 318 g/mol. The minimum absolute atomic E-state index is 0.171. The third-order valence-electron chi connectivity index (χ3n) is 4.64. The second-order valence-electron chi connectivity index (χ2n) is 6.28. The number of hydrogen-bond acceptors (Lipinski definition) is 2. The van der Waals surface area contributed by atoms with Crippen molar-refractivity contribution in [3.63, 3.8) is 0 Å². The molecule has 1 aromatic heterocycles. The molecule has 24 heavy (non-hydrogen) atoms. The van der Waals surface area contributed by atoms with Crippen LogP contribution in [0.25, 0.3) is 10.9 Å². The first-order chi connectivity index (χ1) is 11.6. The Morgan fingerprint density at radius 1 is 1.12 bits per heavy atom. The Morgan fingerprint density at radius 2 is 1.92 bits per heavy atom. The zero-order valence-corrected chi connectivity index (χ0v) is 13.5. The number of hydrogen-bond donors (Lipinski definition) is 0. The topological polar surface area (TPSA) is 42.3 Å². The number of pyridine rings is 1. The predicted octanol–water partition coefficient (Wildman–Crippen LogP) is 2.83. The van der Waals surface area contributed by atoms with Crippen molar-refractivity contribution >= 4 is 16.8 Å². The molecular weight excluding hydrogens is 300 g/mol. The van der Waals surface area contributed by atoms with Gasteiger partial charge in [-0.3, -0.25) is 9.59 Å². The Bertz CT molecular complexity index is 990. The van der Waals surface area contributed by atoms with Crippen LogP contribution in [-0.2, 0) is 19.5 Å². The highest BCUT2D eigenvalue weighted by Crippen LogP contribution is 2.24. The maximum absolute atomic E-state index is 12.8. The van der Waals surface area contributed by atoms with Gasteiger partial charge in [0, 0.05) is 31.7 Å². The van der Waals surface area contributed by atoms with Gasteiger partial charge in [0.1, 0.15) is 5.56 Å². The Kier molecular flexibility index (Phi) is 3.45. The maximum Gasteiger partial charge on any atom is 0.259 e. The van der Waals surface area contributed by atoms with E-state index >= 15 is 0 Å². The summed E-state index contributed by atoms with van der Waals surface area (Å²) in [6.07, 6.45) is 2.64. The van der Waals surface area contributed by atoms with E-state index in [1.54, 1.807) is 18.1 Å². The van der Waals surface area contributed by atoms with Crippen LogP contribution in [0.5, 0.6) is 0 Å². The number of nitrogens with zero attached hydrogens (tertiary/aromatic N) is 2. The molecule has 3 aromatic rings. The van der Waals surface area contributed by atoms with Crippen molar-refractivity contribution in [3.05, 3.63) is 81.6 Å². The lowest BCUT2D eigenvalue weighted by atomic mass is 10.1. The maximum atomic E-state index is 12.8. The molecule has 0 fully saturated rings. The van der Waals surface area contributed by atoms with Crippen molar-refractivity contribution in [1.82, 2.24) is 9.47 Å². The molecule has 0 radical (unpaired) electrons. The van der Waals surface area contributed by atoms with Gasteiger partial charge in [0.05, 0.1) is 5.52 Å². The van der Waals surface area contributed by atoms with Crippen molar-refractivity contribution in [2.75, 3.05) is 7.05 Å². The number of carbonyl (C=O) groups excluding carboxylic acids is 1. The zero-order chi connectivity index (χ0) is 16.7. The van der Waals surface area contributed by atoms with Crippen LogP contribution < -0.4 is 5.43 Å². The Labute approximate surface area is 140 Å². The smallest absolute Gasteiger partial charge is 0.259 e. The standard InChI is InChI=1S/C20H18N2O2/c1-21(12-14-6-3-2-4-7-14)20(24)17-13-22-11-10-15-8-5-9-16(18(15)22)19(17)23/h2-9,13H,10-12H2,1H3.